The Morgan fingerprint density at radius 2 is 1.30 bits per heavy atom. The van der Waals surface area contributed by atoms with Crippen molar-refractivity contribution in [3.8, 4) is 11.5 Å². The minimum Gasteiger partial charge on any atom is -0.484 e. The van der Waals surface area contributed by atoms with Gasteiger partial charge in [0, 0.05) is 29.4 Å². The molecule has 27 heavy (non-hydrogen) atoms. The van der Waals surface area contributed by atoms with Crippen LogP contribution in [0.5, 0.6) is 11.5 Å². The van der Waals surface area contributed by atoms with Gasteiger partial charge in [0.25, 0.3) is 5.91 Å². The van der Waals surface area contributed by atoms with Crippen molar-refractivity contribution in [2.75, 3.05) is 18.5 Å². The van der Waals surface area contributed by atoms with E-state index in [9.17, 15) is 31.1 Å². The number of hydrogen-bond donors (Lipinski definition) is 1. The maximum Gasteiger partial charge on any atom is 0.422 e. The van der Waals surface area contributed by atoms with Crippen molar-refractivity contribution in [2.24, 2.45) is 0 Å². The van der Waals surface area contributed by atoms with Gasteiger partial charge in [0.2, 0.25) is 0 Å². The van der Waals surface area contributed by atoms with Gasteiger partial charge in [0.15, 0.2) is 13.2 Å². The van der Waals surface area contributed by atoms with E-state index >= 15 is 0 Å². The minimum absolute atomic E-state index is 0.0827. The molecule has 4 nitrogen and oxygen atoms in total. The molecule has 0 spiro atoms. The van der Waals surface area contributed by atoms with Gasteiger partial charge in [-0.3, -0.25) is 4.79 Å². The zero-order valence-electron chi connectivity index (χ0n) is 13.5. The monoisotopic (exact) mass is 393 g/mol. The molecule has 0 aliphatic rings. The molecule has 0 heterocycles. The molecule has 2 rings (SSSR count). The average Bonchev–Trinajstić information content (AvgIpc) is 2.58. The first-order valence-corrected chi connectivity index (χ1v) is 7.42. The van der Waals surface area contributed by atoms with Gasteiger partial charge in [-0.25, -0.2) is 0 Å². The van der Waals surface area contributed by atoms with Gasteiger partial charge < -0.3 is 14.8 Å². The van der Waals surface area contributed by atoms with Crippen LogP contribution < -0.4 is 14.8 Å². The van der Waals surface area contributed by atoms with Gasteiger partial charge in [-0.15, -0.1) is 0 Å². The van der Waals surface area contributed by atoms with Crippen molar-refractivity contribution < 1.29 is 40.6 Å². The molecule has 2 aromatic rings. The second kappa shape index (κ2) is 8.19. The number of carbonyl (C=O) groups is 1. The predicted molar refractivity (Wildman–Crippen MR) is 83.9 cm³/mol. The van der Waals surface area contributed by atoms with E-state index < -0.39 is 43.0 Å². The number of hydrogen-bond acceptors (Lipinski definition) is 3. The smallest absolute Gasteiger partial charge is 0.422 e. The first kappa shape index (κ1) is 20.4. The Morgan fingerprint density at radius 1 is 0.815 bits per heavy atom. The molecule has 1 amide bonds. The number of ether oxygens (including phenoxy) is 2. The zero-order valence-corrected chi connectivity index (χ0v) is 13.5. The third-order valence-corrected chi connectivity index (χ3v) is 2.98. The number of amides is 1. The fourth-order valence-corrected chi connectivity index (χ4v) is 1.93. The predicted octanol–water partition coefficient (Wildman–Crippen LogP) is 4.82. The Labute approximate surface area is 149 Å². The molecule has 0 radical (unpaired) electrons. The van der Waals surface area contributed by atoms with Crippen molar-refractivity contribution in [1.29, 1.82) is 0 Å². The van der Waals surface area contributed by atoms with Crippen molar-refractivity contribution >= 4 is 11.6 Å². The van der Waals surface area contributed by atoms with Crippen molar-refractivity contribution in [1.82, 2.24) is 0 Å². The molecule has 2 aromatic carbocycles. The van der Waals surface area contributed by atoms with Gasteiger partial charge in [-0.2, -0.15) is 26.3 Å². The molecule has 0 aliphatic heterocycles. The zero-order chi connectivity index (χ0) is 20.1. The quantitative estimate of drug-likeness (QED) is 0.716. The van der Waals surface area contributed by atoms with E-state index in [4.69, 9.17) is 0 Å². The SMILES string of the molecule is O=C(Nc1cc(OCC(F)(F)F)cc(OCC(F)(F)F)c1)c1ccccc1. The van der Waals surface area contributed by atoms with Crippen molar-refractivity contribution in [2.45, 2.75) is 12.4 Å². The highest BCUT2D eigenvalue weighted by atomic mass is 19.4. The summed E-state index contributed by atoms with van der Waals surface area (Å²) < 4.78 is 82.9. The number of nitrogens with one attached hydrogen (secondary N) is 1. The second-order valence-corrected chi connectivity index (χ2v) is 5.32. The summed E-state index contributed by atoms with van der Waals surface area (Å²) >= 11 is 0. The summed E-state index contributed by atoms with van der Waals surface area (Å²) in [5.41, 5.74) is 0.164. The molecule has 0 atom stereocenters. The van der Waals surface area contributed by atoms with Crippen LogP contribution in [0.25, 0.3) is 0 Å². The third-order valence-electron chi connectivity index (χ3n) is 2.98. The highest BCUT2D eigenvalue weighted by molar-refractivity contribution is 6.04. The Balaban J connectivity index is 2.21. The van der Waals surface area contributed by atoms with E-state index in [-0.39, 0.29) is 11.3 Å². The lowest BCUT2D eigenvalue weighted by atomic mass is 10.2. The molecule has 1 N–H and O–H groups in total. The highest BCUT2D eigenvalue weighted by Crippen LogP contribution is 2.29. The van der Waals surface area contributed by atoms with Crippen LogP contribution >= 0.6 is 0 Å². The summed E-state index contributed by atoms with van der Waals surface area (Å²) in [6, 6.07) is 10.8. The standard InChI is InChI=1S/C17H13F6NO3/c18-16(19,20)9-26-13-6-12(7-14(8-13)27-10-17(21,22)23)24-15(25)11-4-2-1-3-5-11/h1-8H,9-10H2,(H,24,25). The Bertz CT molecular complexity index is 738. The maximum atomic E-state index is 12.3. The maximum absolute atomic E-state index is 12.3. The fraction of sp³-hybridized carbons (Fsp3) is 0.235. The fourth-order valence-electron chi connectivity index (χ4n) is 1.93. The molecule has 10 heteroatoms. The van der Waals surface area contributed by atoms with Crippen molar-refractivity contribution in [3.05, 3.63) is 54.1 Å². The van der Waals surface area contributed by atoms with E-state index in [2.05, 4.69) is 14.8 Å². The molecule has 0 saturated heterocycles. The lowest BCUT2D eigenvalue weighted by Crippen LogP contribution is -2.20. The Morgan fingerprint density at radius 3 is 1.74 bits per heavy atom. The largest absolute Gasteiger partial charge is 0.484 e. The molecule has 146 valence electrons. The molecule has 0 bridgehead atoms. The normalized spacial score (nSPS) is 11.8. The Hall–Kier alpha value is -2.91. The van der Waals surface area contributed by atoms with Gasteiger partial charge in [-0.1, -0.05) is 18.2 Å². The molecular formula is C17H13F6NO3. The van der Waals surface area contributed by atoms with E-state index in [1.54, 1.807) is 18.2 Å². The van der Waals surface area contributed by atoms with E-state index in [0.717, 1.165) is 18.2 Å². The molecule has 0 fully saturated rings. The third kappa shape index (κ3) is 7.47. The summed E-state index contributed by atoms with van der Waals surface area (Å²) in [6.07, 6.45) is -9.29. The number of alkyl halides is 6. The van der Waals surface area contributed by atoms with Crippen LogP contribution in [0.2, 0.25) is 0 Å². The number of rotatable bonds is 6. The number of carbonyl (C=O) groups excluding carboxylic acids is 1. The lowest BCUT2D eigenvalue weighted by Gasteiger charge is -2.15. The summed E-state index contributed by atoms with van der Waals surface area (Å²) in [4.78, 5) is 12.1. The average molecular weight is 393 g/mol. The number of benzene rings is 2. The molecule has 0 saturated carbocycles. The van der Waals surface area contributed by atoms with Crippen LogP contribution in [0, 0.1) is 0 Å². The summed E-state index contributed by atoms with van der Waals surface area (Å²) in [5.74, 6) is -1.42. The second-order valence-electron chi connectivity index (χ2n) is 5.32. The first-order chi connectivity index (χ1) is 12.5. The van der Waals surface area contributed by atoms with Crippen LogP contribution in [0.3, 0.4) is 0 Å². The summed E-state index contributed by atoms with van der Waals surface area (Å²) in [5, 5.41) is 2.37. The van der Waals surface area contributed by atoms with Crippen LogP contribution in [0.15, 0.2) is 48.5 Å². The van der Waals surface area contributed by atoms with Crippen LogP contribution in [0.1, 0.15) is 10.4 Å². The molecule has 0 unspecified atom stereocenters. The first-order valence-electron chi connectivity index (χ1n) is 7.42. The molecular weight excluding hydrogens is 380 g/mol. The molecule has 0 aliphatic carbocycles. The van der Waals surface area contributed by atoms with Crippen LogP contribution in [-0.2, 0) is 0 Å². The van der Waals surface area contributed by atoms with Gasteiger partial charge in [0.1, 0.15) is 11.5 Å². The van der Waals surface area contributed by atoms with E-state index in [1.807, 2.05) is 0 Å². The summed E-state index contributed by atoms with van der Waals surface area (Å²) in [6.45, 7) is -3.30. The van der Waals surface area contributed by atoms with Crippen molar-refractivity contribution in [3.63, 3.8) is 0 Å². The number of halogens is 6. The van der Waals surface area contributed by atoms with Crippen LogP contribution in [0.4, 0.5) is 32.0 Å². The van der Waals surface area contributed by atoms with Gasteiger partial charge in [0.05, 0.1) is 0 Å². The van der Waals surface area contributed by atoms with E-state index in [0.29, 0.717) is 0 Å². The topological polar surface area (TPSA) is 47.6 Å². The van der Waals surface area contributed by atoms with Crippen LogP contribution in [-0.4, -0.2) is 31.5 Å². The molecule has 0 aromatic heterocycles. The van der Waals surface area contributed by atoms with Gasteiger partial charge in [-0.05, 0) is 12.1 Å². The lowest BCUT2D eigenvalue weighted by molar-refractivity contribution is -0.153. The minimum atomic E-state index is -4.64. The number of anilines is 1. The van der Waals surface area contributed by atoms with Gasteiger partial charge >= 0.3 is 12.4 Å². The Kier molecular flexibility index (Phi) is 6.19. The van der Waals surface area contributed by atoms with E-state index in [1.165, 1.54) is 12.1 Å². The summed E-state index contributed by atoms with van der Waals surface area (Å²) in [7, 11) is 0. The highest BCUT2D eigenvalue weighted by Gasteiger charge is 2.30.